The van der Waals surface area contributed by atoms with E-state index in [1.54, 1.807) is 6.07 Å². The minimum absolute atomic E-state index is 0.253. The second kappa shape index (κ2) is 5.77. The maximum absolute atomic E-state index is 12.3. The van der Waals surface area contributed by atoms with E-state index < -0.39 is 11.9 Å². The zero-order valence-electron chi connectivity index (χ0n) is 8.59. The van der Waals surface area contributed by atoms with E-state index in [4.69, 9.17) is 11.6 Å². The SMILES string of the molecule is CC(CCl)CSc1cccc(C(F)(F)F)n1. The maximum atomic E-state index is 12.3. The monoisotopic (exact) mass is 269 g/mol. The Balaban J connectivity index is 2.68. The van der Waals surface area contributed by atoms with Crippen molar-refractivity contribution < 1.29 is 13.2 Å². The number of pyridine rings is 1. The van der Waals surface area contributed by atoms with Gasteiger partial charge in [0, 0.05) is 11.6 Å². The Morgan fingerprint density at radius 3 is 2.69 bits per heavy atom. The molecule has 0 spiro atoms. The van der Waals surface area contributed by atoms with E-state index in [1.165, 1.54) is 17.8 Å². The Labute approximate surface area is 101 Å². The molecule has 0 saturated carbocycles. The minimum atomic E-state index is -4.38. The number of nitrogens with zero attached hydrogens (tertiary/aromatic N) is 1. The van der Waals surface area contributed by atoms with Gasteiger partial charge in [0.2, 0.25) is 0 Å². The van der Waals surface area contributed by atoms with Crippen molar-refractivity contribution in [3.63, 3.8) is 0 Å². The van der Waals surface area contributed by atoms with E-state index in [2.05, 4.69) is 4.98 Å². The van der Waals surface area contributed by atoms with E-state index in [0.717, 1.165) is 6.07 Å². The Hall–Kier alpha value is -0.420. The standard InChI is InChI=1S/C10H11ClF3NS/c1-7(5-11)6-16-9-4-2-3-8(15-9)10(12,13)14/h2-4,7H,5-6H2,1H3. The highest BCUT2D eigenvalue weighted by molar-refractivity contribution is 7.99. The molecule has 6 heteroatoms. The van der Waals surface area contributed by atoms with Gasteiger partial charge in [0.05, 0.1) is 5.03 Å². The van der Waals surface area contributed by atoms with Gasteiger partial charge in [-0.25, -0.2) is 4.98 Å². The molecular formula is C10H11ClF3NS. The van der Waals surface area contributed by atoms with Crippen molar-refractivity contribution in [2.45, 2.75) is 18.1 Å². The van der Waals surface area contributed by atoms with Crippen molar-refractivity contribution >= 4 is 23.4 Å². The van der Waals surface area contributed by atoms with Crippen molar-refractivity contribution in [2.75, 3.05) is 11.6 Å². The third-order valence-corrected chi connectivity index (χ3v) is 3.58. The van der Waals surface area contributed by atoms with Crippen LogP contribution in [0.3, 0.4) is 0 Å². The first-order valence-corrected chi connectivity index (χ1v) is 6.18. The first-order chi connectivity index (χ1) is 7.43. The number of hydrogen-bond acceptors (Lipinski definition) is 2. The van der Waals surface area contributed by atoms with Crippen molar-refractivity contribution in [3.05, 3.63) is 23.9 Å². The van der Waals surface area contributed by atoms with Gasteiger partial charge in [-0.15, -0.1) is 23.4 Å². The molecule has 1 unspecified atom stereocenters. The van der Waals surface area contributed by atoms with Crippen LogP contribution in [0.2, 0.25) is 0 Å². The molecule has 1 aromatic rings. The number of rotatable bonds is 4. The highest BCUT2D eigenvalue weighted by Gasteiger charge is 2.32. The molecule has 1 rings (SSSR count). The molecule has 0 aliphatic rings. The molecular weight excluding hydrogens is 259 g/mol. The molecule has 0 amide bonds. The van der Waals surface area contributed by atoms with Gasteiger partial charge in [-0.1, -0.05) is 13.0 Å². The second-order valence-corrected chi connectivity index (χ2v) is 4.78. The summed E-state index contributed by atoms with van der Waals surface area (Å²) >= 11 is 6.90. The zero-order chi connectivity index (χ0) is 12.2. The summed E-state index contributed by atoms with van der Waals surface area (Å²) in [6, 6.07) is 3.90. The van der Waals surface area contributed by atoms with Crippen LogP contribution in [0.4, 0.5) is 13.2 Å². The van der Waals surface area contributed by atoms with Gasteiger partial charge in [-0.05, 0) is 18.1 Å². The Morgan fingerprint density at radius 2 is 2.12 bits per heavy atom. The number of thioether (sulfide) groups is 1. The first-order valence-electron chi connectivity index (χ1n) is 4.66. The molecule has 0 saturated heterocycles. The number of hydrogen-bond donors (Lipinski definition) is 0. The Bertz CT molecular complexity index is 343. The lowest BCUT2D eigenvalue weighted by Gasteiger charge is -2.09. The molecule has 90 valence electrons. The van der Waals surface area contributed by atoms with Crippen LogP contribution in [0.1, 0.15) is 12.6 Å². The van der Waals surface area contributed by atoms with Gasteiger partial charge >= 0.3 is 6.18 Å². The van der Waals surface area contributed by atoms with Gasteiger partial charge in [-0.3, -0.25) is 0 Å². The fourth-order valence-electron chi connectivity index (χ4n) is 0.925. The molecule has 1 aromatic heterocycles. The lowest BCUT2D eigenvalue weighted by molar-refractivity contribution is -0.141. The Kier molecular flexibility index (Phi) is 4.92. The molecule has 0 N–H and O–H groups in total. The zero-order valence-corrected chi connectivity index (χ0v) is 10.2. The second-order valence-electron chi connectivity index (χ2n) is 3.43. The maximum Gasteiger partial charge on any atom is 0.433 e. The fraction of sp³-hybridized carbons (Fsp3) is 0.500. The lowest BCUT2D eigenvalue weighted by atomic mass is 10.3. The van der Waals surface area contributed by atoms with Gasteiger partial charge in [0.25, 0.3) is 0 Å². The molecule has 0 aliphatic carbocycles. The van der Waals surface area contributed by atoms with Gasteiger partial charge in [-0.2, -0.15) is 13.2 Å². The smallest absolute Gasteiger partial charge is 0.237 e. The van der Waals surface area contributed by atoms with Crippen LogP contribution in [0.5, 0.6) is 0 Å². The van der Waals surface area contributed by atoms with Crippen LogP contribution in [-0.4, -0.2) is 16.6 Å². The van der Waals surface area contributed by atoms with Crippen LogP contribution in [0.25, 0.3) is 0 Å². The largest absolute Gasteiger partial charge is 0.433 e. The van der Waals surface area contributed by atoms with E-state index in [0.29, 0.717) is 16.7 Å². The highest BCUT2D eigenvalue weighted by Crippen LogP contribution is 2.29. The number of halogens is 4. The van der Waals surface area contributed by atoms with Crippen LogP contribution < -0.4 is 0 Å². The normalized spacial score (nSPS) is 13.8. The summed E-state index contributed by atoms with van der Waals surface area (Å²) in [7, 11) is 0. The molecule has 0 aromatic carbocycles. The van der Waals surface area contributed by atoms with Crippen LogP contribution >= 0.6 is 23.4 Å². The summed E-state index contributed by atoms with van der Waals surface area (Å²) in [5, 5.41) is 0.381. The van der Waals surface area contributed by atoms with Gasteiger partial charge in [0.15, 0.2) is 0 Å². The fourth-order valence-corrected chi connectivity index (χ4v) is 2.07. The minimum Gasteiger partial charge on any atom is -0.237 e. The molecule has 16 heavy (non-hydrogen) atoms. The predicted octanol–water partition coefficient (Wildman–Crippen LogP) is 4.07. The summed E-state index contributed by atoms with van der Waals surface area (Å²) in [5.41, 5.74) is -0.851. The highest BCUT2D eigenvalue weighted by atomic mass is 35.5. The predicted molar refractivity (Wildman–Crippen MR) is 59.8 cm³/mol. The summed E-state index contributed by atoms with van der Waals surface area (Å²) in [5.74, 6) is 1.41. The summed E-state index contributed by atoms with van der Waals surface area (Å²) in [4.78, 5) is 3.55. The quantitative estimate of drug-likeness (QED) is 0.604. The molecule has 0 bridgehead atoms. The third kappa shape index (κ3) is 4.22. The number of aromatic nitrogens is 1. The lowest BCUT2D eigenvalue weighted by Crippen LogP contribution is -2.08. The van der Waals surface area contributed by atoms with Crippen LogP contribution in [0, 0.1) is 5.92 Å². The van der Waals surface area contributed by atoms with Crippen LogP contribution in [0.15, 0.2) is 23.2 Å². The van der Waals surface area contributed by atoms with E-state index in [9.17, 15) is 13.2 Å². The average Bonchev–Trinajstić information content (AvgIpc) is 2.25. The third-order valence-electron chi connectivity index (χ3n) is 1.79. The topological polar surface area (TPSA) is 12.9 Å². The first kappa shape index (κ1) is 13.6. The van der Waals surface area contributed by atoms with E-state index in [-0.39, 0.29) is 5.92 Å². The molecule has 0 aliphatic heterocycles. The van der Waals surface area contributed by atoms with Crippen molar-refractivity contribution in [1.29, 1.82) is 0 Å². The van der Waals surface area contributed by atoms with Gasteiger partial charge < -0.3 is 0 Å². The molecule has 1 atom stereocenters. The van der Waals surface area contributed by atoms with Gasteiger partial charge in [0.1, 0.15) is 5.69 Å². The van der Waals surface area contributed by atoms with Crippen LogP contribution in [-0.2, 0) is 6.18 Å². The van der Waals surface area contributed by atoms with Crippen molar-refractivity contribution in [2.24, 2.45) is 5.92 Å². The molecule has 1 heterocycles. The Morgan fingerprint density at radius 1 is 1.44 bits per heavy atom. The molecule has 0 fully saturated rings. The van der Waals surface area contributed by atoms with Crippen molar-refractivity contribution in [1.82, 2.24) is 4.98 Å². The summed E-state index contributed by atoms with van der Waals surface area (Å²) in [6.45, 7) is 1.94. The van der Waals surface area contributed by atoms with Crippen molar-refractivity contribution in [3.8, 4) is 0 Å². The molecule has 1 nitrogen and oxygen atoms in total. The van der Waals surface area contributed by atoms with E-state index in [1.807, 2.05) is 6.92 Å². The summed E-state index contributed by atoms with van der Waals surface area (Å²) in [6.07, 6.45) is -4.38. The number of alkyl halides is 4. The van der Waals surface area contributed by atoms with E-state index >= 15 is 0 Å². The summed E-state index contributed by atoms with van der Waals surface area (Å²) < 4.78 is 37.0. The molecule has 0 radical (unpaired) electrons. The average molecular weight is 270 g/mol.